The predicted molar refractivity (Wildman–Crippen MR) is 73.7 cm³/mol. The molecule has 1 saturated heterocycles. The largest absolute Gasteiger partial charge is 0.314 e. The molecule has 1 aromatic rings. The van der Waals surface area contributed by atoms with E-state index in [1.807, 2.05) is 12.3 Å². The van der Waals surface area contributed by atoms with E-state index in [2.05, 4.69) is 20.8 Å². The summed E-state index contributed by atoms with van der Waals surface area (Å²) in [5.74, 6) is 0.774. The molecule has 3 nitrogen and oxygen atoms in total. The van der Waals surface area contributed by atoms with Crippen molar-refractivity contribution in [3.63, 3.8) is 0 Å². The second-order valence-corrected chi connectivity index (χ2v) is 5.34. The van der Waals surface area contributed by atoms with E-state index in [4.69, 9.17) is 0 Å². The minimum atomic E-state index is 0.0987. The minimum Gasteiger partial charge on any atom is -0.314 e. The van der Waals surface area contributed by atoms with Gasteiger partial charge in [-0.15, -0.1) is 0 Å². The first-order valence-electron chi connectivity index (χ1n) is 6.23. The Labute approximate surface area is 111 Å². The number of hydrogen-bond donors (Lipinski definition) is 0. The van der Waals surface area contributed by atoms with E-state index in [9.17, 15) is 4.79 Å². The van der Waals surface area contributed by atoms with Crippen LogP contribution in [0.15, 0.2) is 29.2 Å². The van der Waals surface area contributed by atoms with Gasteiger partial charge in [-0.25, -0.2) is 0 Å². The van der Waals surface area contributed by atoms with Crippen LogP contribution in [0.25, 0.3) is 0 Å². The Bertz CT molecular complexity index is 404. The number of pyridine rings is 1. The van der Waals surface area contributed by atoms with Gasteiger partial charge in [0.05, 0.1) is 0 Å². The molecule has 94 valence electrons. The second kappa shape index (κ2) is 6.36. The van der Waals surface area contributed by atoms with Gasteiger partial charge in [0.25, 0.3) is 5.56 Å². The summed E-state index contributed by atoms with van der Waals surface area (Å²) in [5, 5.41) is 1.09. The standard InChI is InChI=1S/C13H19BrN2O/c14-10-12-4-3-6-15(11-12)8-9-16-7-2-1-5-13(16)17/h1-2,5,7,12H,3-4,6,8-11H2. The molecule has 2 rings (SSSR count). The first-order valence-corrected chi connectivity index (χ1v) is 7.35. The van der Waals surface area contributed by atoms with Crippen molar-refractivity contribution < 1.29 is 0 Å². The van der Waals surface area contributed by atoms with Crippen molar-refractivity contribution in [1.82, 2.24) is 9.47 Å². The Hall–Kier alpha value is -0.610. The molecule has 2 heterocycles. The van der Waals surface area contributed by atoms with Gasteiger partial charge in [-0.05, 0) is 31.4 Å². The molecular weight excluding hydrogens is 280 g/mol. The summed E-state index contributed by atoms with van der Waals surface area (Å²) in [6.07, 6.45) is 4.47. The Kier molecular flexibility index (Phi) is 4.80. The van der Waals surface area contributed by atoms with Crippen LogP contribution < -0.4 is 5.56 Å². The smallest absolute Gasteiger partial charge is 0.250 e. The van der Waals surface area contributed by atoms with Gasteiger partial charge >= 0.3 is 0 Å². The number of likely N-dealkylation sites (tertiary alicyclic amines) is 1. The monoisotopic (exact) mass is 298 g/mol. The average Bonchev–Trinajstić information content (AvgIpc) is 2.38. The number of rotatable bonds is 4. The number of alkyl halides is 1. The van der Waals surface area contributed by atoms with Gasteiger partial charge in [-0.2, -0.15) is 0 Å². The van der Waals surface area contributed by atoms with Gasteiger partial charge in [-0.3, -0.25) is 4.79 Å². The minimum absolute atomic E-state index is 0.0987. The molecule has 0 bridgehead atoms. The SMILES string of the molecule is O=c1ccccn1CCN1CCCC(CBr)C1. The predicted octanol–water partition coefficient (Wildman–Crippen LogP) is 1.96. The summed E-state index contributed by atoms with van der Waals surface area (Å²) < 4.78 is 1.79. The van der Waals surface area contributed by atoms with Crippen LogP contribution in [0, 0.1) is 5.92 Å². The van der Waals surface area contributed by atoms with Crippen molar-refractivity contribution >= 4 is 15.9 Å². The van der Waals surface area contributed by atoms with Gasteiger partial charge < -0.3 is 9.47 Å². The molecule has 0 aromatic carbocycles. The molecule has 0 aliphatic carbocycles. The van der Waals surface area contributed by atoms with Crippen molar-refractivity contribution in [3.05, 3.63) is 34.7 Å². The normalized spacial score (nSPS) is 21.6. The van der Waals surface area contributed by atoms with Gasteiger partial charge in [0.15, 0.2) is 0 Å². The molecule has 0 saturated carbocycles. The van der Waals surface area contributed by atoms with Crippen LogP contribution in [0.1, 0.15) is 12.8 Å². The zero-order valence-electron chi connectivity index (χ0n) is 10.0. The van der Waals surface area contributed by atoms with Crippen LogP contribution >= 0.6 is 15.9 Å². The topological polar surface area (TPSA) is 25.2 Å². The number of aromatic nitrogens is 1. The highest BCUT2D eigenvalue weighted by Crippen LogP contribution is 2.17. The highest BCUT2D eigenvalue weighted by molar-refractivity contribution is 9.09. The molecule has 0 amide bonds. The van der Waals surface area contributed by atoms with Crippen LogP contribution in [-0.4, -0.2) is 34.4 Å². The number of halogens is 1. The maximum absolute atomic E-state index is 11.5. The van der Waals surface area contributed by atoms with Crippen molar-refractivity contribution in [1.29, 1.82) is 0 Å². The van der Waals surface area contributed by atoms with Crippen molar-refractivity contribution in [2.45, 2.75) is 19.4 Å². The van der Waals surface area contributed by atoms with Gasteiger partial charge in [-0.1, -0.05) is 22.0 Å². The Morgan fingerprint density at radius 1 is 1.35 bits per heavy atom. The Morgan fingerprint density at radius 2 is 2.24 bits per heavy atom. The number of piperidine rings is 1. The Morgan fingerprint density at radius 3 is 3.00 bits per heavy atom. The van der Waals surface area contributed by atoms with E-state index in [-0.39, 0.29) is 5.56 Å². The van der Waals surface area contributed by atoms with E-state index in [1.165, 1.54) is 19.4 Å². The van der Waals surface area contributed by atoms with Gasteiger partial charge in [0.1, 0.15) is 0 Å². The summed E-state index contributed by atoms with van der Waals surface area (Å²) in [7, 11) is 0. The third-order valence-corrected chi connectivity index (χ3v) is 4.29. The maximum atomic E-state index is 11.5. The molecule has 0 spiro atoms. The zero-order valence-corrected chi connectivity index (χ0v) is 11.6. The molecule has 1 aromatic heterocycles. The lowest BCUT2D eigenvalue weighted by Gasteiger charge is -2.31. The van der Waals surface area contributed by atoms with Crippen LogP contribution in [0.5, 0.6) is 0 Å². The van der Waals surface area contributed by atoms with E-state index in [0.29, 0.717) is 0 Å². The van der Waals surface area contributed by atoms with E-state index < -0.39 is 0 Å². The lowest BCUT2D eigenvalue weighted by atomic mass is 10.0. The third-order valence-electron chi connectivity index (χ3n) is 3.38. The van der Waals surface area contributed by atoms with Crippen molar-refractivity contribution in [3.8, 4) is 0 Å². The number of nitrogens with zero attached hydrogens (tertiary/aromatic N) is 2. The molecule has 0 N–H and O–H groups in total. The summed E-state index contributed by atoms with van der Waals surface area (Å²) in [4.78, 5) is 14.0. The average molecular weight is 299 g/mol. The first kappa shape index (κ1) is 12.8. The van der Waals surface area contributed by atoms with E-state index >= 15 is 0 Å². The highest BCUT2D eigenvalue weighted by Gasteiger charge is 2.18. The molecular formula is C13H19BrN2O. The zero-order chi connectivity index (χ0) is 12.1. The molecule has 4 heteroatoms. The molecule has 1 aliphatic heterocycles. The highest BCUT2D eigenvalue weighted by atomic mass is 79.9. The van der Waals surface area contributed by atoms with Crippen molar-refractivity contribution in [2.75, 3.05) is 25.0 Å². The van der Waals surface area contributed by atoms with E-state index in [0.717, 1.165) is 30.9 Å². The lowest BCUT2D eigenvalue weighted by Crippen LogP contribution is -2.38. The summed E-state index contributed by atoms with van der Waals surface area (Å²) in [5.41, 5.74) is 0.0987. The summed E-state index contributed by atoms with van der Waals surface area (Å²) in [6.45, 7) is 4.11. The van der Waals surface area contributed by atoms with Crippen LogP contribution in [-0.2, 0) is 6.54 Å². The van der Waals surface area contributed by atoms with Crippen LogP contribution in [0.2, 0.25) is 0 Å². The first-order chi connectivity index (χ1) is 8.29. The van der Waals surface area contributed by atoms with Gasteiger partial charge in [0.2, 0.25) is 0 Å². The Balaban J connectivity index is 1.86. The molecule has 1 aliphatic rings. The van der Waals surface area contributed by atoms with E-state index in [1.54, 1.807) is 16.7 Å². The molecule has 1 fully saturated rings. The quantitative estimate of drug-likeness (QED) is 0.794. The van der Waals surface area contributed by atoms with Crippen molar-refractivity contribution in [2.24, 2.45) is 5.92 Å². The van der Waals surface area contributed by atoms with Crippen LogP contribution in [0.4, 0.5) is 0 Å². The molecule has 17 heavy (non-hydrogen) atoms. The maximum Gasteiger partial charge on any atom is 0.250 e. The van der Waals surface area contributed by atoms with Gasteiger partial charge in [0, 0.05) is 37.2 Å². The fraction of sp³-hybridized carbons (Fsp3) is 0.615. The van der Waals surface area contributed by atoms with Crippen LogP contribution in [0.3, 0.4) is 0 Å². The molecule has 1 unspecified atom stereocenters. The lowest BCUT2D eigenvalue weighted by molar-refractivity contribution is 0.180. The fourth-order valence-corrected chi connectivity index (χ4v) is 2.90. The second-order valence-electron chi connectivity index (χ2n) is 4.70. The molecule has 1 atom stereocenters. The fourth-order valence-electron chi connectivity index (χ4n) is 2.37. The number of hydrogen-bond acceptors (Lipinski definition) is 2. The third kappa shape index (κ3) is 3.68. The summed E-state index contributed by atoms with van der Waals surface area (Å²) in [6, 6.07) is 5.33. The summed E-state index contributed by atoms with van der Waals surface area (Å²) >= 11 is 3.56. The molecule has 0 radical (unpaired) electrons.